The molecule has 1 rings (SSSR count). The van der Waals surface area contributed by atoms with Crippen LogP contribution in [0.4, 0.5) is 0 Å². The highest BCUT2D eigenvalue weighted by atomic mass is 32.1. The van der Waals surface area contributed by atoms with E-state index in [9.17, 15) is 4.79 Å². The van der Waals surface area contributed by atoms with Crippen molar-refractivity contribution in [3.8, 4) is 18.1 Å². The number of hydrogen-bond donors (Lipinski definition) is 0. The van der Waals surface area contributed by atoms with E-state index in [1.807, 2.05) is 0 Å². The maximum absolute atomic E-state index is 11.6. The van der Waals surface area contributed by atoms with E-state index in [1.54, 1.807) is 18.4 Å². The molecule has 0 saturated heterocycles. The molecule has 3 nitrogen and oxygen atoms in total. The van der Waals surface area contributed by atoms with Gasteiger partial charge in [0.05, 0.1) is 7.11 Å². The highest BCUT2D eigenvalue weighted by molar-refractivity contribution is 7.12. The van der Waals surface area contributed by atoms with Crippen molar-refractivity contribution in [1.82, 2.24) is 0 Å². The Bertz CT molecular complexity index is 375. The van der Waals surface area contributed by atoms with Crippen LogP contribution >= 0.6 is 11.3 Å². The molecule has 1 aromatic rings. The van der Waals surface area contributed by atoms with Gasteiger partial charge in [-0.05, 0) is 18.4 Å². The Balaban J connectivity index is 2.65. The van der Waals surface area contributed by atoms with Crippen LogP contribution in [0.3, 0.4) is 0 Å². The van der Waals surface area contributed by atoms with Gasteiger partial charge in [0.2, 0.25) is 0 Å². The molecular formula is C11H12O3S. The van der Waals surface area contributed by atoms with Crippen LogP contribution in [0.1, 0.15) is 23.0 Å². The van der Waals surface area contributed by atoms with Gasteiger partial charge in [-0.3, -0.25) is 0 Å². The third-order valence-corrected chi connectivity index (χ3v) is 2.62. The number of rotatable bonds is 4. The predicted molar refractivity (Wildman–Crippen MR) is 59.2 cm³/mol. The molecule has 0 bridgehead atoms. The molecular weight excluding hydrogens is 212 g/mol. The minimum Gasteiger partial charge on any atom is -0.495 e. The number of ether oxygens (including phenoxy) is 2. The van der Waals surface area contributed by atoms with Crippen LogP contribution in [0, 0.1) is 12.3 Å². The van der Waals surface area contributed by atoms with E-state index in [4.69, 9.17) is 15.9 Å². The fourth-order valence-corrected chi connectivity index (χ4v) is 1.79. The zero-order chi connectivity index (χ0) is 11.3. The molecule has 0 aliphatic heterocycles. The van der Waals surface area contributed by atoms with E-state index < -0.39 is 0 Å². The molecule has 0 aliphatic carbocycles. The maximum atomic E-state index is 11.6. The van der Waals surface area contributed by atoms with Crippen molar-refractivity contribution in [2.24, 2.45) is 0 Å². The first-order chi connectivity index (χ1) is 7.19. The van der Waals surface area contributed by atoms with E-state index in [1.165, 1.54) is 18.4 Å². The second kappa shape index (κ2) is 5.42. The summed E-state index contributed by atoms with van der Waals surface area (Å²) >= 11 is 1.29. The van der Waals surface area contributed by atoms with Gasteiger partial charge in [0, 0.05) is 6.42 Å². The summed E-state index contributed by atoms with van der Waals surface area (Å²) < 4.78 is 10.1. The Morgan fingerprint density at radius 3 is 3.07 bits per heavy atom. The lowest BCUT2D eigenvalue weighted by Crippen LogP contribution is -2.13. The highest BCUT2D eigenvalue weighted by Crippen LogP contribution is 2.25. The second-order valence-corrected chi connectivity index (χ2v) is 3.86. The number of hydrogen-bond acceptors (Lipinski definition) is 4. The maximum Gasteiger partial charge on any atom is 0.352 e. The van der Waals surface area contributed by atoms with Gasteiger partial charge in [0.25, 0.3) is 0 Å². The molecule has 1 atom stereocenters. The summed E-state index contributed by atoms with van der Waals surface area (Å²) in [5, 5.41) is 1.78. The third kappa shape index (κ3) is 3.00. The van der Waals surface area contributed by atoms with E-state index in [2.05, 4.69) is 5.92 Å². The summed E-state index contributed by atoms with van der Waals surface area (Å²) in [4.78, 5) is 12.1. The molecule has 80 valence electrons. The lowest BCUT2D eigenvalue weighted by Gasteiger charge is -2.09. The van der Waals surface area contributed by atoms with Gasteiger partial charge in [0.1, 0.15) is 11.9 Å². The fraction of sp³-hybridized carbons (Fsp3) is 0.364. The first-order valence-corrected chi connectivity index (χ1v) is 5.33. The Hall–Kier alpha value is -1.47. The minimum atomic E-state index is -0.385. The van der Waals surface area contributed by atoms with Gasteiger partial charge in [-0.1, -0.05) is 0 Å². The summed E-state index contributed by atoms with van der Waals surface area (Å²) in [7, 11) is 1.52. The molecule has 1 heterocycles. The Kier molecular flexibility index (Phi) is 4.19. The van der Waals surface area contributed by atoms with Crippen LogP contribution < -0.4 is 4.74 Å². The molecule has 0 fully saturated rings. The molecule has 0 radical (unpaired) electrons. The average molecular weight is 224 g/mol. The average Bonchev–Trinajstić information content (AvgIpc) is 2.65. The standard InChI is InChI=1S/C11H12O3S/c1-4-5-8(2)14-11(12)10-9(13-3)6-7-15-10/h1,6-8H,5H2,2-3H3. The Morgan fingerprint density at radius 2 is 2.47 bits per heavy atom. The second-order valence-electron chi connectivity index (χ2n) is 2.94. The van der Waals surface area contributed by atoms with E-state index in [-0.39, 0.29) is 12.1 Å². The smallest absolute Gasteiger partial charge is 0.352 e. The van der Waals surface area contributed by atoms with Crippen LogP contribution in [0.15, 0.2) is 11.4 Å². The van der Waals surface area contributed by atoms with Crippen molar-refractivity contribution in [3.63, 3.8) is 0 Å². The first kappa shape index (κ1) is 11.6. The number of carbonyl (C=O) groups excluding carboxylic acids is 1. The van der Waals surface area contributed by atoms with Crippen molar-refractivity contribution in [2.75, 3.05) is 7.11 Å². The quantitative estimate of drug-likeness (QED) is 0.581. The van der Waals surface area contributed by atoms with Crippen LogP contribution in [0.25, 0.3) is 0 Å². The van der Waals surface area contributed by atoms with Crippen LogP contribution in [0.5, 0.6) is 5.75 Å². The number of thiophene rings is 1. The summed E-state index contributed by atoms with van der Waals surface area (Å²) in [6.45, 7) is 1.76. The van der Waals surface area contributed by atoms with Gasteiger partial charge in [-0.25, -0.2) is 4.79 Å². The minimum absolute atomic E-state index is 0.269. The molecule has 15 heavy (non-hydrogen) atoms. The van der Waals surface area contributed by atoms with E-state index in [0.29, 0.717) is 17.0 Å². The van der Waals surface area contributed by atoms with Gasteiger partial charge in [0.15, 0.2) is 4.88 Å². The molecule has 0 N–H and O–H groups in total. The summed E-state index contributed by atoms with van der Waals surface area (Å²) in [5.74, 6) is 2.60. The Morgan fingerprint density at radius 1 is 1.73 bits per heavy atom. The summed E-state index contributed by atoms with van der Waals surface area (Å²) in [5.41, 5.74) is 0. The van der Waals surface area contributed by atoms with Crippen molar-refractivity contribution >= 4 is 17.3 Å². The lowest BCUT2D eigenvalue weighted by atomic mass is 10.3. The van der Waals surface area contributed by atoms with E-state index in [0.717, 1.165) is 0 Å². The third-order valence-electron chi connectivity index (χ3n) is 1.75. The van der Waals surface area contributed by atoms with Crippen molar-refractivity contribution in [3.05, 3.63) is 16.3 Å². The molecule has 1 aromatic heterocycles. The fourth-order valence-electron chi connectivity index (χ4n) is 1.05. The van der Waals surface area contributed by atoms with Crippen LogP contribution in [-0.2, 0) is 4.74 Å². The molecule has 0 aromatic carbocycles. The molecule has 0 aliphatic rings. The van der Waals surface area contributed by atoms with Crippen molar-refractivity contribution in [2.45, 2.75) is 19.4 Å². The zero-order valence-corrected chi connectivity index (χ0v) is 9.47. The van der Waals surface area contributed by atoms with E-state index >= 15 is 0 Å². The molecule has 1 unspecified atom stereocenters. The number of esters is 1. The predicted octanol–water partition coefficient (Wildman–Crippen LogP) is 2.33. The van der Waals surface area contributed by atoms with Gasteiger partial charge < -0.3 is 9.47 Å². The Labute approximate surface area is 93.0 Å². The molecule has 0 saturated carbocycles. The topological polar surface area (TPSA) is 35.5 Å². The van der Waals surface area contributed by atoms with Gasteiger partial charge in [-0.15, -0.1) is 23.7 Å². The number of carbonyl (C=O) groups is 1. The summed E-state index contributed by atoms with van der Waals surface area (Å²) in [6.07, 6.45) is 5.26. The first-order valence-electron chi connectivity index (χ1n) is 4.45. The van der Waals surface area contributed by atoms with Crippen LogP contribution in [0.2, 0.25) is 0 Å². The molecule has 0 spiro atoms. The molecule has 0 amide bonds. The SMILES string of the molecule is C#CCC(C)OC(=O)c1sccc1OC. The highest BCUT2D eigenvalue weighted by Gasteiger charge is 2.17. The molecule has 4 heteroatoms. The lowest BCUT2D eigenvalue weighted by molar-refractivity contribution is 0.0355. The van der Waals surface area contributed by atoms with Crippen molar-refractivity contribution in [1.29, 1.82) is 0 Å². The monoisotopic (exact) mass is 224 g/mol. The number of terminal acetylenes is 1. The van der Waals surface area contributed by atoms with Gasteiger partial charge in [-0.2, -0.15) is 0 Å². The summed E-state index contributed by atoms with van der Waals surface area (Å²) in [6, 6.07) is 1.73. The number of methoxy groups -OCH3 is 1. The van der Waals surface area contributed by atoms with Gasteiger partial charge >= 0.3 is 5.97 Å². The van der Waals surface area contributed by atoms with Crippen molar-refractivity contribution < 1.29 is 14.3 Å². The van der Waals surface area contributed by atoms with Crippen LogP contribution in [-0.4, -0.2) is 19.2 Å². The largest absolute Gasteiger partial charge is 0.495 e. The zero-order valence-electron chi connectivity index (χ0n) is 8.65. The normalized spacial score (nSPS) is 11.5.